The van der Waals surface area contributed by atoms with Gasteiger partial charge in [-0.3, -0.25) is 4.39 Å². The van der Waals surface area contributed by atoms with Crippen molar-refractivity contribution < 1.29 is 18.4 Å². The Morgan fingerprint density at radius 1 is 1.05 bits per heavy atom. The molecule has 0 aromatic heterocycles. The van der Waals surface area contributed by atoms with Crippen molar-refractivity contribution in [1.82, 2.24) is 0 Å². The van der Waals surface area contributed by atoms with Crippen LogP contribution in [0.3, 0.4) is 0 Å². The molecule has 20 heavy (non-hydrogen) atoms. The molecular formula is C15H22BFO3. The van der Waals surface area contributed by atoms with E-state index in [0.717, 1.165) is 11.2 Å². The maximum atomic E-state index is 12.0. The number of hydrogen-bond donors (Lipinski definition) is 0. The van der Waals surface area contributed by atoms with E-state index in [4.69, 9.17) is 14.0 Å². The molecule has 0 aliphatic carbocycles. The quantitative estimate of drug-likeness (QED) is 0.613. The van der Waals surface area contributed by atoms with Gasteiger partial charge in [0.25, 0.3) is 0 Å². The maximum Gasteiger partial charge on any atom is 0.494 e. The Morgan fingerprint density at radius 3 is 2.10 bits per heavy atom. The van der Waals surface area contributed by atoms with Crippen LogP contribution in [0.15, 0.2) is 24.3 Å². The first-order chi connectivity index (χ1) is 9.36. The summed E-state index contributed by atoms with van der Waals surface area (Å²) < 4.78 is 29.4. The van der Waals surface area contributed by atoms with Crippen LogP contribution in [-0.2, 0) is 9.31 Å². The highest BCUT2D eigenvalue weighted by Gasteiger charge is 2.51. The second-order valence-corrected chi connectivity index (χ2v) is 6.05. The van der Waals surface area contributed by atoms with Gasteiger partial charge in [0.1, 0.15) is 5.75 Å². The van der Waals surface area contributed by atoms with Gasteiger partial charge in [-0.05, 0) is 45.3 Å². The SMILES string of the molecule is CC1(C)OB(c2ccc(OCCCF)cc2)OC1(C)C. The molecule has 2 rings (SSSR count). The van der Waals surface area contributed by atoms with E-state index < -0.39 is 0 Å². The minimum Gasteiger partial charge on any atom is -0.494 e. The van der Waals surface area contributed by atoms with Gasteiger partial charge in [-0.25, -0.2) is 0 Å². The van der Waals surface area contributed by atoms with Gasteiger partial charge in [-0.1, -0.05) is 12.1 Å². The van der Waals surface area contributed by atoms with Crippen LogP contribution in [0.1, 0.15) is 34.1 Å². The first kappa shape index (κ1) is 15.3. The fourth-order valence-electron chi connectivity index (χ4n) is 1.94. The van der Waals surface area contributed by atoms with Crippen molar-refractivity contribution in [2.24, 2.45) is 0 Å². The Hall–Kier alpha value is -1.07. The fourth-order valence-corrected chi connectivity index (χ4v) is 1.94. The van der Waals surface area contributed by atoms with Gasteiger partial charge in [0.05, 0.1) is 24.5 Å². The lowest BCUT2D eigenvalue weighted by Gasteiger charge is -2.32. The van der Waals surface area contributed by atoms with Gasteiger partial charge in [0.15, 0.2) is 0 Å². The van der Waals surface area contributed by atoms with Gasteiger partial charge < -0.3 is 14.0 Å². The molecule has 0 saturated carbocycles. The van der Waals surface area contributed by atoms with E-state index in [9.17, 15) is 4.39 Å². The number of rotatable bonds is 5. The van der Waals surface area contributed by atoms with Crippen LogP contribution in [0.25, 0.3) is 0 Å². The molecule has 0 N–H and O–H groups in total. The Bertz CT molecular complexity index is 429. The summed E-state index contributed by atoms with van der Waals surface area (Å²) in [7, 11) is -0.361. The highest BCUT2D eigenvalue weighted by atomic mass is 19.1. The highest BCUT2D eigenvalue weighted by molar-refractivity contribution is 6.62. The summed E-state index contributed by atoms with van der Waals surface area (Å²) in [4.78, 5) is 0. The first-order valence-electron chi connectivity index (χ1n) is 7.00. The lowest BCUT2D eigenvalue weighted by atomic mass is 9.79. The third-order valence-electron chi connectivity index (χ3n) is 3.95. The average molecular weight is 280 g/mol. The zero-order valence-corrected chi connectivity index (χ0v) is 12.6. The summed E-state index contributed by atoms with van der Waals surface area (Å²) in [5.74, 6) is 0.735. The van der Waals surface area contributed by atoms with Crippen molar-refractivity contribution in [2.45, 2.75) is 45.3 Å². The molecule has 0 spiro atoms. The van der Waals surface area contributed by atoms with Crippen molar-refractivity contribution in [2.75, 3.05) is 13.3 Å². The topological polar surface area (TPSA) is 27.7 Å². The Kier molecular flexibility index (Phi) is 4.40. The Balaban J connectivity index is 2.01. The predicted molar refractivity (Wildman–Crippen MR) is 78.2 cm³/mol. The third-order valence-corrected chi connectivity index (χ3v) is 3.95. The molecular weight excluding hydrogens is 258 g/mol. The Morgan fingerprint density at radius 2 is 1.60 bits per heavy atom. The smallest absolute Gasteiger partial charge is 0.494 e. The van der Waals surface area contributed by atoms with E-state index in [-0.39, 0.29) is 25.0 Å². The molecule has 0 atom stereocenters. The minimum absolute atomic E-state index is 0.339. The van der Waals surface area contributed by atoms with Crippen LogP contribution in [0.5, 0.6) is 5.75 Å². The summed E-state index contributed by atoms with van der Waals surface area (Å²) >= 11 is 0. The van der Waals surface area contributed by atoms with Crippen LogP contribution in [-0.4, -0.2) is 31.6 Å². The molecule has 1 saturated heterocycles. The number of ether oxygens (including phenoxy) is 1. The summed E-state index contributed by atoms with van der Waals surface area (Å²) in [5, 5.41) is 0. The van der Waals surface area contributed by atoms with E-state index in [1.54, 1.807) is 0 Å². The first-order valence-corrected chi connectivity index (χ1v) is 7.00. The summed E-state index contributed by atoms with van der Waals surface area (Å²) in [5.41, 5.74) is 0.281. The van der Waals surface area contributed by atoms with Gasteiger partial charge in [-0.15, -0.1) is 0 Å². The summed E-state index contributed by atoms with van der Waals surface area (Å²) in [6, 6.07) is 7.57. The summed E-state index contributed by atoms with van der Waals surface area (Å²) in [6.45, 7) is 8.16. The molecule has 1 aliphatic heterocycles. The molecule has 5 heteroatoms. The zero-order chi connectivity index (χ0) is 14.8. The largest absolute Gasteiger partial charge is 0.494 e. The lowest BCUT2D eigenvalue weighted by Crippen LogP contribution is -2.41. The monoisotopic (exact) mass is 280 g/mol. The van der Waals surface area contributed by atoms with E-state index in [1.807, 2.05) is 52.0 Å². The normalized spacial score (nSPS) is 20.1. The molecule has 0 unspecified atom stereocenters. The number of halogens is 1. The Labute approximate surface area is 120 Å². The van der Waals surface area contributed by atoms with E-state index in [0.29, 0.717) is 13.0 Å². The van der Waals surface area contributed by atoms with Crippen LogP contribution in [0.2, 0.25) is 0 Å². The summed E-state index contributed by atoms with van der Waals surface area (Å²) in [6.07, 6.45) is 0.416. The van der Waals surface area contributed by atoms with E-state index >= 15 is 0 Å². The highest BCUT2D eigenvalue weighted by Crippen LogP contribution is 2.36. The van der Waals surface area contributed by atoms with Crippen LogP contribution < -0.4 is 10.2 Å². The predicted octanol–water partition coefficient (Wildman–Crippen LogP) is 2.72. The van der Waals surface area contributed by atoms with Gasteiger partial charge in [0.2, 0.25) is 0 Å². The van der Waals surface area contributed by atoms with Crippen molar-refractivity contribution in [3.63, 3.8) is 0 Å². The number of benzene rings is 1. The van der Waals surface area contributed by atoms with Gasteiger partial charge in [-0.2, -0.15) is 0 Å². The van der Waals surface area contributed by atoms with Crippen LogP contribution in [0, 0.1) is 0 Å². The molecule has 3 nitrogen and oxygen atoms in total. The molecule has 1 aliphatic rings. The second-order valence-electron chi connectivity index (χ2n) is 6.05. The number of hydrogen-bond acceptors (Lipinski definition) is 3. The zero-order valence-electron chi connectivity index (χ0n) is 12.6. The van der Waals surface area contributed by atoms with Crippen LogP contribution in [0.4, 0.5) is 4.39 Å². The molecule has 1 heterocycles. The van der Waals surface area contributed by atoms with Crippen molar-refractivity contribution in [3.8, 4) is 5.75 Å². The minimum atomic E-state index is -0.361. The van der Waals surface area contributed by atoms with Gasteiger partial charge >= 0.3 is 7.12 Å². The van der Waals surface area contributed by atoms with Crippen molar-refractivity contribution in [3.05, 3.63) is 24.3 Å². The number of alkyl halides is 1. The average Bonchev–Trinajstić information content (AvgIpc) is 2.60. The standard InChI is InChI=1S/C15H22BFO3/c1-14(2)15(3,4)20-16(19-14)12-6-8-13(9-7-12)18-11-5-10-17/h6-9H,5,10-11H2,1-4H3. The molecule has 110 valence electrons. The fraction of sp³-hybridized carbons (Fsp3) is 0.600. The van der Waals surface area contributed by atoms with Gasteiger partial charge in [0, 0.05) is 6.42 Å². The van der Waals surface area contributed by atoms with Crippen molar-refractivity contribution >= 4 is 12.6 Å². The molecule has 0 radical (unpaired) electrons. The lowest BCUT2D eigenvalue weighted by molar-refractivity contribution is 0.00578. The van der Waals surface area contributed by atoms with Crippen molar-refractivity contribution in [1.29, 1.82) is 0 Å². The molecule has 0 bridgehead atoms. The maximum absolute atomic E-state index is 12.0. The molecule has 1 fully saturated rings. The molecule has 0 amide bonds. The van der Waals surface area contributed by atoms with Crippen LogP contribution >= 0.6 is 0 Å². The van der Waals surface area contributed by atoms with E-state index in [1.165, 1.54) is 0 Å². The van der Waals surface area contributed by atoms with E-state index in [2.05, 4.69) is 0 Å². The second kappa shape index (κ2) is 5.74. The molecule has 1 aromatic rings. The molecule has 1 aromatic carbocycles. The third kappa shape index (κ3) is 3.15.